The highest BCUT2D eigenvalue weighted by atomic mass is 16.4. The molecule has 0 saturated heterocycles. The Morgan fingerprint density at radius 1 is 1.42 bits per heavy atom. The van der Waals surface area contributed by atoms with Gasteiger partial charge in [-0.05, 0) is 0 Å². The standard InChI is InChI=1S/C5H12N2O5/c6-7-5(12)4(11)3(10)2(9)1-8/h2-4,8-11H,1,6H2,(H,7,12)/t2-,3-,4+/m1/s1. The molecule has 0 aromatic rings. The van der Waals surface area contributed by atoms with Gasteiger partial charge in [0.15, 0.2) is 6.10 Å². The molecule has 0 saturated carbocycles. The van der Waals surface area contributed by atoms with Gasteiger partial charge in [-0.25, -0.2) is 5.84 Å². The van der Waals surface area contributed by atoms with Crippen molar-refractivity contribution in [3.63, 3.8) is 0 Å². The highest BCUT2D eigenvalue weighted by molar-refractivity contribution is 5.80. The molecule has 0 aliphatic carbocycles. The second-order valence-electron chi connectivity index (χ2n) is 2.19. The van der Waals surface area contributed by atoms with Crippen LogP contribution in [-0.2, 0) is 4.79 Å². The summed E-state index contributed by atoms with van der Waals surface area (Å²) in [6, 6.07) is 0. The van der Waals surface area contributed by atoms with Gasteiger partial charge in [-0.3, -0.25) is 10.2 Å². The van der Waals surface area contributed by atoms with E-state index < -0.39 is 30.8 Å². The molecule has 0 radical (unpaired) electrons. The van der Waals surface area contributed by atoms with Crippen LogP contribution < -0.4 is 11.3 Å². The maximum Gasteiger partial charge on any atom is 0.265 e. The van der Waals surface area contributed by atoms with Crippen molar-refractivity contribution in [2.75, 3.05) is 6.61 Å². The molecule has 0 aromatic heterocycles. The molecular formula is C5H12N2O5. The molecule has 0 bridgehead atoms. The number of carbonyl (C=O) groups is 1. The lowest BCUT2D eigenvalue weighted by atomic mass is 10.1. The molecule has 0 fully saturated rings. The Labute approximate surface area is 68.4 Å². The molecule has 1 amide bonds. The molecule has 12 heavy (non-hydrogen) atoms. The van der Waals surface area contributed by atoms with Crippen molar-refractivity contribution in [2.45, 2.75) is 18.3 Å². The summed E-state index contributed by atoms with van der Waals surface area (Å²) < 4.78 is 0. The zero-order chi connectivity index (χ0) is 9.72. The van der Waals surface area contributed by atoms with Gasteiger partial charge in [-0.2, -0.15) is 0 Å². The van der Waals surface area contributed by atoms with E-state index in [0.717, 1.165) is 0 Å². The third-order valence-corrected chi connectivity index (χ3v) is 1.32. The fourth-order valence-electron chi connectivity index (χ4n) is 0.559. The summed E-state index contributed by atoms with van der Waals surface area (Å²) in [4.78, 5) is 10.5. The van der Waals surface area contributed by atoms with Crippen molar-refractivity contribution in [1.29, 1.82) is 0 Å². The van der Waals surface area contributed by atoms with Crippen LogP contribution in [0.2, 0.25) is 0 Å². The monoisotopic (exact) mass is 180 g/mol. The number of amides is 1. The van der Waals surface area contributed by atoms with Gasteiger partial charge >= 0.3 is 0 Å². The number of hydrogen-bond acceptors (Lipinski definition) is 6. The van der Waals surface area contributed by atoms with Gasteiger partial charge in [0.1, 0.15) is 12.2 Å². The Balaban J connectivity index is 4.08. The largest absolute Gasteiger partial charge is 0.394 e. The molecular weight excluding hydrogens is 168 g/mol. The third-order valence-electron chi connectivity index (χ3n) is 1.32. The number of hydrazine groups is 1. The van der Waals surface area contributed by atoms with E-state index in [0.29, 0.717) is 0 Å². The minimum atomic E-state index is -1.85. The van der Waals surface area contributed by atoms with Gasteiger partial charge in [0, 0.05) is 0 Å². The van der Waals surface area contributed by atoms with Crippen molar-refractivity contribution in [3.05, 3.63) is 0 Å². The summed E-state index contributed by atoms with van der Waals surface area (Å²) in [6.07, 6.45) is -5.17. The van der Waals surface area contributed by atoms with Crippen LogP contribution in [0.3, 0.4) is 0 Å². The fourth-order valence-corrected chi connectivity index (χ4v) is 0.559. The normalized spacial score (nSPS) is 18.1. The molecule has 72 valence electrons. The summed E-state index contributed by atoms with van der Waals surface area (Å²) in [5.74, 6) is 3.61. The van der Waals surface area contributed by atoms with E-state index >= 15 is 0 Å². The van der Waals surface area contributed by atoms with E-state index in [1.54, 1.807) is 5.43 Å². The molecule has 0 aliphatic heterocycles. The van der Waals surface area contributed by atoms with E-state index in [9.17, 15) is 4.79 Å². The highest BCUT2D eigenvalue weighted by Gasteiger charge is 2.29. The summed E-state index contributed by atoms with van der Waals surface area (Å²) in [6.45, 7) is -0.754. The average molecular weight is 180 g/mol. The van der Waals surface area contributed by atoms with Crippen LogP contribution in [0, 0.1) is 0 Å². The molecule has 7 N–H and O–H groups in total. The van der Waals surface area contributed by atoms with Crippen LogP contribution in [0.5, 0.6) is 0 Å². The summed E-state index contributed by atoms with van der Waals surface area (Å²) in [5, 5.41) is 34.9. The van der Waals surface area contributed by atoms with Crippen molar-refractivity contribution < 1.29 is 25.2 Å². The SMILES string of the molecule is NNC(=O)[C@@H](O)[C@H](O)[C@H](O)CO. The Bertz CT molecular complexity index is 153. The van der Waals surface area contributed by atoms with Crippen LogP contribution in [0.15, 0.2) is 0 Å². The van der Waals surface area contributed by atoms with E-state index in [-0.39, 0.29) is 0 Å². The predicted octanol–water partition coefficient (Wildman–Crippen LogP) is -3.95. The Morgan fingerprint density at radius 3 is 2.25 bits per heavy atom. The molecule has 0 aromatic carbocycles. The van der Waals surface area contributed by atoms with Crippen LogP contribution in [0.1, 0.15) is 0 Å². The van der Waals surface area contributed by atoms with Gasteiger partial charge in [0.05, 0.1) is 6.61 Å². The fraction of sp³-hybridized carbons (Fsp3) is 0.800. The van der Waals surface area contributed by atoms with E-state index in [1.807, 2.05) is 0 Å². The number of nitrogens with two attached hydrogens (primary N) is 1. The van der Waals surface area contributed by atoms with Gasteiger partial charge < -0.3 is 20.4 Å². The summed E-state index contributed by atoms with van der Waals surface area (Å²) in [5.41, 5.74) is 1.58. The van der Waals surface area contributed by atoms with Gasteiger partial charge in [-0.1, -0.05) is 0 Å². The molecule has 0 unspecified atom stereocenters. The topological polar surface area (TPSA) is 136 Å². The first-order valence-electron chi connectivity index (χ1n) is 3.20. The van der Waals surface area contributed by atoms with Crippen LogP contribution in [0.4, 0.5) is 0 Å². The number of nitrogens with one attached hydrogen (secondary N) is 1. The van der Waals surface area contributed by atoms with Crippen LogP contribution >= 0.6 is 0 Å². The summed E-state index contributed by atoms with van der Waals surface area (Å²) >= 11 is 0. The third kappa shape index (κ3) is 2.72. The number of aliphatic hydroxyl groups excluding tert-OH is 4. The predicted molar refractivity (Wildman–Crippen MR) is 37.4 cm³/mol. The van der Waals surface area contributed by atoms with Crippen LogP contribution in [-0.4, -0.2) is 51.3 Å². The lowest BCUT2D eigenvalue weighted by molar-refractivity contribution is -0.142. The zero-order valence-electron chi connectivity index (χ0n) is 6.21. The molecule has 0 spiro atoms. The molecule has 3 atom stereocenters. The molecule has 0 rings (SSSR count). The van der Waals surface area contributed by atoms with Crippen molar-refractivity contribution >= 4 is 5.91 Å². The molecule has 0 heterocycles. The molecule has 7 heteroatoms. The van der Waals surface area contributed by atoms with Crippen molar-refractivity contribution in [2.24, 2.45) is 5.84 Å². The first-order valence-corrected chi connectivity index (χ1v) is 3.20. The first-order chi connectivity index (χ1) is 5.54. The van der Waals surface area contributed by atoms with Crippen LogP contribution in [0.25, 0.3) is 0 Å². The molecule has 7 nitrogen and oxygen atoms in total. The number of aliphatic hydroxyl groups is 4. The van der Waals surface area contributed by atoms with Crippen molar-refractivity contribution in [1.82, 2.24) is 5.43 Å². The highest BCUT2D eigenvalue weighted by Crippen LogP contribution is 1.99. The smallest absolute Gasteiger partial charge is 0.265 e. The minimum Gasteiger partial charge on any atom is -0.394 e. The minimum absolute atomic E-state index is 0.754. The second kappa shape index (κ2) is 5.01. The first kappa shape index (κ1) is 11.3. The maximum atomic E-state index is 10.5. The zero-order valence-corrected chi connectivity index (χ0v) is 6.21. The van der Waals surface area contributed by atoms with E-state index in [2.05, 4.69) is 5.84 Å². The number of hydrogen-bond donors (Lipinski definition) is 6. The van der Waals surface area contributed by atoms with Gasteiger partial charge in [-0.15, -0.1) is 0 Å². The Hall–Kier alpha value is -0.730. The lowest BCUT2D eigenvalue weighted by Crippen LogP contribution is -2.50. The maximum absolute atomic E-state index is 10.5. The van der Waals surface area contributed by atoms with E-state index in [1.165, 1.54) is 0 Å². The number of carbonyl (C=O) groups excluding carboxylic acids is 1. The quantitative estimate of drug-likeness (QED) is 0.148. The van der Waals surface area contributed by atoms with Crippen molar-refractivity contribution in [3.8, 4) is 0 Å². The average Bonchev–Trinajstić information content (AvgIpc) is 2.12. The Morgan fingerprint density at radius 2 is 1.92 bits per heavy atom. The second-order valence-corrected chi connectivity index (χ2v) is 2.19. The summed E-state index contributed by atoms with van der Waals surface area (Å²) in [7, 11) is 0. The van der Waals surface area contributed by atoms with Gasteiger partial charge in [0.25, 0.3) is 5.91 Å². The lowest BCUT2D eigenvalue weighted by Gasteiger charge is -2.19. The molecule has 0 aliphatic rings. The Kier molecular flexibility index (Phi) is 4.71. The van der Waals surface area contributed by atoms with Gasteiger partial charge in [0.2, 0.25) is 0 Å². The number of rotatable bonds is 4. The van der Waals surface area contributed by atoms with E-state index in [4.69, 9.17) is 20.4 Å².